The molecule has 0 heterocycles. The van der Waals surface area contributed by atoms with Crippen molar-refractivity contribution in [3.8, 4) is 11.5 Å². The van der Waals surface area contributed by atoms with E-state index in [4.69, 9.17) is 16.3 Å². The first-order valence-electron chi connectivity index (χ1n) is 6.13. The molecule has 2 rings (SSSR count). The van der Waals surface area contributed by atoms with Gasteiger partial charge in [-0.05, 0) is 31.2 Å². The highest BCUT2D eigenvalue weighted by Crippen LogP contribution is 2.30. The minimum Gasteiger partial charge on any atom is -0.504 e. The summed E-state index contributed by atoms with van der Waals surface area (Å²) in [7, 11) is 0. The lowest BCUT2D eigenvalue weighted by Gasteiger charge is -2.11. The molecule has 0 radical (unpaired) electrons. The summed E-state index contributed by atoms with van der Waals surface area (Å²) in [6.07, 6.45) is 0. The zero-order valence-corrected chi connectivity index (χ0v) is 11.4. The number of phenolic OH excluding ortho intramolecular Hbond substituents is 1. The molecule has 4 heteroatoms. The van der Waals surface area contributed by atoms with Crippen molar-refractivity contribution in [3.05, 3.63) is 53.1 Å². The summed E-state index contributed by atoms with van der Waals surface area (Å²) < 4.78 is 5.35. The molecular formula is C15H16ClNO2. The van der Waals surface area contributed by atoms with Crippen LogP contribution in [0.4, 0.5) is 5.69 Å². The highest BCUT2D eigenvalue weighted by molar-refractivity contribution is 6.30. The molecule has 0 atom stereocenters. The topological polar surface area (TPSA) is 41.5 Å². The van der Waals surface area contributed by atoms with E-state index in [2.05, 4.69) is 5.32 Å². The van der Waals surface area contributed by atoms with Crippen molar-refractivity contribution in [2.45, 2.75) is 13.5 Å². The van der Waals surface area contributed by atoms with E-state index in [0.717, 1.165) is 11.3 Å². The number of aromatic hydroxyl groups is 1. The summed E-state index contributed by atoms with van der Waals surface area (Å²) in [6, 6.07) is 12.9. The fraction of sp³-hybridized carbons (Fsp3) is 0.200. The van der Waals surface area contributed by atoms with Gasteiger partial charge in [-0.1, -0.05) is 29.8 Å². The lowest BCUT2D eigenvalue weighted by Crippen LogP contribution is -2.01. The molecule has 0 saturated heterocycles. The molecule has 2 aromatic rings. The third-order valence-electron chi connectivity index (χ3n) is 2.69. The van der Waals surface area contributed by atoms with Gasteiger partial charge in [-0.25, -0.2) is 0 Å². The van der Waals surface area contributed by atoms with Crippen LogP contribution in [-0.4, -0.2) is 11.7 Å². The van der Waals surface area contributed by atoms with E-state index in [-0.39, 0.29) is 5.75 Å². The molecule has 0 aliphatic rings. The van der Waals surface area contributed by atoms with Crippen LogP contribution in [0.3, 0.4) is 0 Å². The monoisotopic (exact) mass is 277 g/mol. The number of halogens is 1. The quantitative estimate of drug-likeness (QED) is 0.866. The molecule has 19 heavy (non-hydrogen) atoms. The van der Waals surface area contributed by atoms with Gasteiger partial charge in [0.05, 0.1) is 6.61 Å². The average molecular weight is 278 g/mol. The van der Waals surface area contributed by atoms with Crippen LogP contribution in [0.25, 0.3) is 0 Å². The Bertz CT molecular complexity index is 558. The van der Waals surface area contributed by atoms with Gasteiger partial charge < -0.3 is 15.2 Å². The summed E-state index contributed by atoms with van der Waals surface area (Å²) >= 11 is 5.91. The van der Waals surface area contributed by atoms with E-state index in [1.54, 1.807) is 6.07 Å². The Morgan fingerprint density at radius 1 is 1.21 bits per heavy atom. The molecule has 0 aromatic heterocycles. The lowest BCUT2D eigenvalue weighted by molar-refractivity contribution is 0.317. The molecule has 0 aliphatic carbocycles. The molecule has 0 amide bonds. The van der Waals surface area contributed by atoms with Crippen molar-refractivity contribution >= 4 is 17.3 Å². The maximum absolute atomic E-state index is 10.1. The van der Waals surface area contributed by atoms with E-state index in [1.807, 2.05) is 43.3 Å². The van der Waals surface area contributed by atoms with Gasteiger partial charge in [0.1, 0.15) is 0 Å². The number of nitrogens with one attached hydrogen (secondary N) is 1. The standard InChI is InChI=1S/C15H16ClNO2/c1-2-19-14-8-3-5-11(15(14)18)10-17-13-7-4-6-12(16)9-13/h3-9,17-18H,2,10H2,1H3. The van der Waals surface area contributed by atoms with Crippen LogP contribution < -0.4 is 10.1 Å². The Balaban J connectivity index is 2.09. The Labute approximate surface area is 117 Å². The van der Waals surface area contributed by atoms with Crippen LogP contribution in [0.15, 0.2) is 42.5 Å². The zero-order chi connectivity index (χ0) is 13.7. The van der Waals surface area contributed by atoms with E-state index in [9.17, 15) is 5.11 Å². The van der Waals surface area contributed by atoms with Gasteiger partial charge in [-0.15, -0.1) is 0 Å². The number of anilines is 1. The summed E-state index contributed by atoms with van der Waals surface area (Å²) in [6.45, 7) is 2.92. The van der Waals surface area contributed by atoms with Gasteiger partial charge in [-0.3, -0.25) is 0 Å². The number of benzene rings is 2. The molecule has 2 aromatic carbocycles. The summed E-state index contributed by atoms with van der Waals surface area (Å²) in [5.41, 5.74) is 1.69. The van der Waals surface area contributed by atoms with E-state index in [0.29, 0.717) is 23.9 Å². The van der Waals surface area contributed by atoms with Crippen molar-refractivity contribution in [2.75, 3.05) is 11.9 Å². The maximum atomic E-state index is 10.1. The molecule has 2 N–H and O–H groups in total. The number of ether oxygens (including phenoxy) is 1. The van der Waals surface area contributed by atoms with Crippen LogP contribution in [0.1, 0.15) is 12.5 Å². The number of phenols is 1. The first kappa shape index (κ1) is 13.6. The van der Waals surface area contributed by atoms with Crippen LogP contribution in [0.5, 0.6) is 11.5 Å². The van der Waals surface area contributed by atoms with Crippen molar-refractivity contribution in [1.82, 2.24) is 0 Å². The Kier molecular flexibility index (Phi) is 4.53. The first-order valence-corrected chi connectivity index (χ1v) is 6.51. The summed E-state index contributed by atoms with van der Waals surface area (Å²) in [5, 5.41) is 14.0. The van der Waals surface area contributed by atoms with Crippen LogP contribution >= 0.6 is 11.6 Å². The molecule has 100 valence electrons. The average Bonchev–Trinajstić information content (AvgIpc) is 2.40. The molecule has 0 spiro atoms. The predicted molar refractivity (Wildman–Crippen MR) is 78.1 cm³/mol. The summed E-state index contributed by atoms with van der Waals surface area (Å²) in [4.78, 5) is 0. The maximum Gasteiger partial charge on any atom is 0.162 e. The van der Waals surface area contributed by atoms with Gasteiger partial charge in [0.25, 0.3) is 0 Å². The molecular weight excluding hydrogens is 262 g/mol. The van der Waals surface area contributed by atoms with Crippen LogP contribution in [-0.2, 0) is 6.54 Å². The van der Waals surface area contributed by atoms with Crippen molar-refractivity contribution in [2.24, 2.45) is 0 Å². The van der Waals surface area contributed by atoms with E-state index >= 15 is 0 Å². The van der Waals surface area contributed by atoms with Crippen molar-refractivity contribution < 1.29 is 9.84 Å². The largest absolute Gasteiger partial charge is 0.504 e. The zero-order valence-electron chi connectivity index (χ0n) is 10.7. The second-order valence-corrected chi connectivity index (χ2v) is 4.50. The van der Waals surface area contributed by atoms with E-state index < -0.39 is 0 Å². The van der Waals surface area contributed by atoms with Crippen molar-refractivity contribution in [1.29, 1.82) is 0 Å². The van der Waals surface area contributed by atoms with Crippen molar-refractivity contribution in [3.63, 3.8) is 0 Å². The number of hydrogen-bond acceptors (Lipinski definition) is 3. The summed E-state index contributed by atoms with van der Waals surface area (Å²) in [5.74, 6) is 0.687. The third kappa shape index (κ3) is 3.55. The minimum absolute atomic E-state index is 0.180. The van der Waals surface area contributed by atoms with Gasteiger partial charge in [0.15, 0.2) is 11.5 Å². The fourth-order valence-electron chi connectivity index (χ4n) is 1.78. The lowest BCUT2D eigenvalue weighted by atomic mass is 10.2. The molecule has 0 unspecified atom stereocenters. The predicted octanol–water partition coefficient (Wildman–Crippen LogP) is 4.06. The third-order valence-corrected chi connectivity index (χ3v) is 2.93. The van der Waals surface area contributed by atoms with Gasteiger partial charge >= 0.3 is 0 Å². The highest BCUT2D eigenvalue weighted by atomic mass is 35.5. The van der Waals surface area contributed by atoms with Gasteiger partial charge in [-0.2, -0.15) is 0 Å². The number of hydrogen-bond donors (Lipinski definition) is 2. The first-order chi connectivity index (χ1) is 9.20. The molecule has 0 saturated carbocycles. The SMILES string of the molecule is CCOc1cccc(CNc2cccc(Cl)c2)c1O. The number of rotatable bonds is 5. The minimum atomic E-state index is 0.180. The second kappa shape index (κ2) is 6.34. The molecule has 0 bridgehead atoms. The smallest absolute Gasteiger partial charge is 0.162 e. The molecule has 0 aliphatic heterocycles. The Morgan fingerprint density at radius 2 is 2.00 bits per heavy atom. The van der Waals surface area contributed by atoms with Gasteiger partial charge in [0, 0.05) is 22.8 Å². The molecule has 0 fully saturated rings. The number of para-hydroxylation sites is 1. The Hall–Kier alpha value is -1.87. The highest BCUT2D eigenvalue weighted by Gasteiger charge is 2.07. The van der Waals surface area contributed by atoms with E-state index in [1.165, 1.54) is 0 Å². The normalized spacial score (nSPS) is 10.2. The Morgan fingerprint density at radius 3 is 2.74 bits per heavy atom. The van der Waals surface area contributed by atoms with Crippen LogP contribution in [0.2, 0.25) is 5.02 Å². The van der Waals surface area contributed by atoms with Gasteiger partial charge in [0.2, 0.25) is 0 Å². The molecule has 3 nitrogen and oxygen atoms in total. The second-order valence-electron chi connectivity index (χ2n) is 4.06. The van der Waals surface area contributed by atoms with Crippen LogP contribution in [0, 0.1) is 0 Å². The fourth-order valence-corrected chi connectivity index (χ4v) is 1.97.